The van der Waals surface area contributed by atoms with Gasteiger partial charge in [0.25, 0.3) is 5.91 Å². The SMILES string of the molecule is CCCNC(=O)[C@H](C)NC(=O)COC(=O)c1ccc(Cl)cc1. The average molecular weight is 327 g/mol. The van der Waals surface area contributed by atoms with E-state index in [0.717, 1.165) is 6.42 Å². The van der Waals surface area contributed by atoms with Crippen molar-refractivity contribution >= 4 is 29.4 Å². The summed E-state index contributed by atoms with van der Waals surface area (Å²) >= 11 is 5.71. The Balaban J connectivity index is 2.37. The highest BCUT2D eigenvalue weighted by Crippen LogP contribution is 2.10. The lowest BCUT2D eigenvalue weighted by Gasteiger charge is -2.13. The van der Waals surface area contributed by atoms with E-state index >= 15 is 0 Å². The van der Waals surface area contributed by atoms with Crippen molar-refractivity contribution in [3.63, 3.8) is 0 Å². The number of hydrogen-bond donors (Lipinski definition) is 2. The summed E-state index contributed by atoms with van der Waals surface area (Å²) < 4.78 is 4.87. The summed E-state index contributed by atoms with van der Waals surface area (Å²) in [6, 6.07) is 5.43. The lowest BCUT2D eigenvalue weighted by atomic mass is 10.2. The van der Waals surface area contributed by atoms with Crippen molar-refractivity contribution in [2.24, 2.45) is 0 Å². The molecule has 0 aliphatic heterocycles. The molecule has 2 amide bonds. The largest absolute Gasteiger partial charge is 0.452 e. The Kier molecular flexibility index (Phi) is 7.39. The molecule has 1 atom stereocenters. The van der Waals surface area contributed by atoms with Crippen LogP contribution in [0.15, 0.2) is 24.3 Å². The second-order valence-corrected chi connectivity index (χ2v) is 5.10. The number of carbonyl (C=O) groups is 3. The highest BCUT2D eigenvalue weighted by Gasteiger charge is 2.16. The van der Waals surface area contributed by atoms with Crippen molar-refractivity contribution in [1.29, 1.82) is 0 Å². The third kappa shape index (κ3) is 6.13. The van der Waals surface area contributed by atoms with Gasteiger partial charge in [-0.05, 0) is 37.6 Å². The summed E-state index contributed by atoms with van der Waals surface area (Å²) in [7, 11) is 0. The fraction of sp³-hybridized carbons (Fsp3) is 0.400. The zero-order chi connectivity index (χ0) is 16.5. The third-order valence-electron chi connectivity index (χ3n) is 2.73. The number of halogens is 1. The number of rotatable bonds is 7. The Hall–Kier alpha value is -2.08. The summed E-state index contributed by atoms with van der Waals surface area (Å²) in [6.45, 7) is 3.58. The van der Waals surface area contributed by atoms with Gasteiger partial charge in [0.15, 0.2) is 6.61 Å². The first kappa shape index (κ1) is 18.0. The van der Waals surface area contributed by atoms with E-state index < -0.39 is 24.5 Å². The number of hydrogen-bond acceptors (Lipinski definition) is 4. The Morgan fingerprint density at radius 1 is 1.23 bits per heavy atom. The van der Waals surface area contributed by atoms with Gasteiger partial charge in [-0.2, -0.15) is 0 Å². The maximum Gasteiger partial charge on any atom is 0.338 e. The van der Waals surface area contributed by atoms with Gasteiger partial charge in [0.1, 0.15) is 6.04 Å². The number of amides is 2. The fourth-order valence-corrected chi connectivity index (χ4v) is 1.68. The summed E-state index contributed by atoms with van der Waals surface area (Å²) in [5, 5.41) is 5.62. The first-order chi connectivity index (χ1) is 10.4. The van der Waals surface area contributed by atoms with Gasteiger partial charge in [0, 0.05) is 11.6 Å². The molecule has 0 heterocycles. The van der Waals surface area contributed by atoms with E-state index in [4.69, 9.17) is 16.3 Å². The second-order valence-electron chi connectivity index (χ2n) is 4.66. The van der Waals surface area contributed by atoms with Crippen LogP contribution in [0.1, 0.15) is 30.6 Å². The number of nitrogens with one attached hydrogen (secondary N) is 2. The van der Waals surface area contributed by atoms with Crippen LogP contribution in [0.25, 0.3) is 0 Å². The molecule has 2 N–H and O–H groups in total. The Morgan fingerprint density at radius 3 is 2.45 bits per heavy atom. The molecule has 0 saturated heterocycles. The molecule has 1 rings (SSSR count). The molecule has 1 aromatic carbocycles. The van der Waals surface area contributed by atoms with Crippen molar-refractivity contribution < 1.29 is 19.1 Å². The highest BCUT2D eigenvalue weighted by atomic mass is 35.5. The molecule has 120 valence electrons. The van der Waals surface area contributed by atoms with Crippen molar-refractivity contribution in [2.75, 3.05) is 13.2 Å². The molecule has 0 fully saturated rings. The monoisotopic (exact) mass is 326 g/mol. The van der Waals surface area contributed by atoms with Gasteiger partial charge in [-0.3, -0.25) is 9.59 Å². The van der Waals surface area contributed by atoms with E-state index in [9.17, 15) is 14.4 Å². The Morgan fingerprint density at radius 2 is 1.86 bits per heavy atom. The lowest BCUT2D eigenvalue weighted by molar-refractivity contribution is -0.130. The van der Waals surface area contributed by atoms with Crippen LogP contribution >= 0.6 is 11.6 Å². The predicted molar refractivity (Wildman–Crippen MR) is 82.6 cm³/mol. The molecule has 0 aromatic heterocycles. The molecule has 0 saturated carbocycles. The van der Waals surface area contributed by atoms with E-state index in [1.54, 1.807) is 19.1 Å². The molecule has 6 nitrogen and oxygen atoms in total. The zero-order valence-corrected chi connectivity index (χ0v) is 13.3. The van der Waals surface area contributed by atoms with Crippen molar-refractivity contribution in [3.05, 3.63) is 34.9 Å². The van der Waals surface area contributed by atoms with Crippen LogP contribution in [-0.4, -0.2) is 37.0 Å². The quantitative estimate of drug-likeness (QED) is 0.744. The minimum Gasteiger partial charge on any atom is -0.452 e. The molecule has 0 spiro atoms. The van der Waals surface area contributed by atoms with Gasteiger partial charge in [-0.25, -0.2) is 4.79 Å². The summed E-state index contributed by atoms with van der Waals surface area (Å²) in [5.41, 5.74) is 0.297. The Labute approximate surface area is 134 Å². The van der Waals surface area contributed by atoms with Gasteiger partial charge in [0.05, 0.1) is 5.56 Å². The van der Waals surface area contributed by atoms with E-state index in [0.29, 0.717) is 17.1 Å². The lowest BCUT2D eigenvalue weighted by Crippen LogP contribution is -2.46. The van der Waals surface area contributed by atoms with Gasteiger partial charge in [0.2, 0.25) is 5.91 Å². The van der Waals surface area contributed by atoms with E-state index in [1.165, 1.54) is 12.1 Å². The maximum absolute atomic E-state index is 11.7. The molecule has 0 aliphatic carbocycles. The number of esters is 1. The van der Waals surface area contributed by atoms with Crippen LogP contribution in [0.5, 0.6) is 0 Å². The van der Waals surface area contributed by atoms with Crippen LogP contribution in [0.2, 0.25) is 5.02 Å². The molecule has 0 unspecified atom stereocenters. The summed E-state index contributed by atoms with van der Waals surface area (Å²) in [6.07, 6.45) is 0.811. The number of ether oxygens (including phenoxy) is 1. The Bertz CT molecular complexity index is 531. The van der Waals surface area contributed by atoms with Gasteiger partial charge < -0.3 is 15.4 Å². The molecule has 0 aliphatic rings. The number of carbonyl (C=O) groups excluding carboxylic acids is 3. The minimum absolute atomic E-state index is 0.278. The average Bonchev–Trinajstić information content (AvgIpc) is 2.50. The van der Waals surface area contributed by atoms with Gasteiger partial charge in [-0.15, -0.1) is 0 Å². The van der Waals surface area contributed by atoms with Crippen molar-refractivity contribution in [1.82, 2.24) is 10.6 Å². The minimum atomic E-state index is -0.687. The fourth-order valence-electron chi connectivity index (χ4n) is 1.55. The van der Waals surface area contributed by atoms with Crippen LogP contribution in [-0.2, 0) is 14.3 Å². The maximum atomic E-state index is 11.7. The van der Waals surface area contributed by atoms with Gasteiger partial charge >= 0.3 is 5.97 Å². The molecule has 22 heavy (non-hydrogen) atoms. The highest BCUT2D eigenvalue weighted by molar-refractivity contribution is 6.30. The van der Waals surface area contributed by atoms with Crippen LogP contribution in [0, 0.1) is 0 Å². The standard InChI is InChI=1S/C15H19ClN2O4/c1-3-8-17-14(20)10(2)18-13(19)9-22-15(21)11-4-6-12(16)7-5-11/h4-7,10H,3,8-9H2,1-2H3,(H,17,20)(H,18,19)/t10-/m0/s1. The molecule has 7 heteroatoms. The van der Waals surface area contributed by atoms with E-state index in [1.807, 2.05) is 6.92 Å². The first-order valence-electron chi connectivity index (χ1n) is 6.93. The summed E-state index contributed by atoms with van der Waals surface area (Å²) in [4.78, 5) is 34.9. The normalized spacial score (nSPS) is 11.4. The van der Waals surface area contributed by atoms with Crippen LogP contribution < -0.4 is 10.6 Å². The molecule has 1 aromatic rings. The molecular weight excluding hydrogens is 308 g/mol. The van der Waals surface area contributed by atoms with E-state index in [-0.39, 0.29) is 5.91 Å². The van der Waals surface area contributed by atoms with Crippen LogP contribution in [0.3, 0.4) is 0 Å². The van der Waals surface area contributed by atoms with Crippen LogP contribution in [0.4, 0.5) is 0 Å². The summed E-state index contributed by atoms with van der Waals surface area (Å²) in [5.74, 6) is -1.45. The smallest absolute Gasteiger partial charge is 0.338 e. The molecule has 0 bridgehead atoms. The van der Waals surface area contributed by atoms with Crippen molar-refractivity contribution in [3.8, 4) is 0 Å². The van der Waals surface area contributed by atoms with Gasteiger partial charge in [-0.1, -0.05) is 18.5 Å². The predicted octanol–water partition coefficient (Wildman–Crippen LogP) is 1.53. The third-order valence-corrected chi connectivity index (χ3v) is 2.99. The molecular formula is C15H19ClN2O4. The zero-order valence-electron chi connectivity index (χ0n) is 12.5. The topological polar surface area (TPSA) is 84.5 Å². The first-order valence-corrected chi connectivity index (χ1v) is 7.31. The van der Waals surface area contributed by atoms with Crippen molar-refractivity contribution in [2.45, 2.75) is 26.3 Å². The molecule has 0 radical (unpaired) electrons. The second kappa shape index (κ2) is 9.04. The van der Waals surface area contributed by atoms with E-state index in [2.05, 4.69) is 10.6 Å². The number of benzene rings is 1.